The van der Waals surface area contributed by atoms with Gasteiger partial charge in [0.1, 0.15) is 0 Å². The van der Waals surface area contributed by atoms with Crippen LogP contribution in [-0.2, 0) is 11.3 Å². The Hall–Kier alpha value is -1.27. The number of rotatable bonds is 7. The van der Waals surface area contributed by atoms with Gasteiger partial charge in [0.2, 0.25) is 5.91 Å². The quantitative estimate of drug-likeness (QED) is 0.785. The predicted molar refractivity (Wildman–Crippen MR) is 86.8 cm³/mol. The Kier molecular flexibility index (Phi) is 6.98. The molecular weight excluding hydrogens is 336 g/mol. The number of hydrogen-bond donors (Lipinski definition) is 2. The van der Waals surface area contributed by atoms with Crippen molar-refractivity contribution in [1.29, 1.82) is 0 Å². The Morgan fingerprint density at radius 2 is 1.76 bits per heavy atom. The van der Waals surface area contributed by atoms with Gasteiger partial charge in [-0.2, -0.15) is 0 Å². The van der Waals surface area contributed by atoms with Crippen molar-refractivity contribution in [3.63, 3.8) is 0 Å². The van der Waals surface area contributed by atoms with Crippen LogP contribution in [0.2, 0.25) is 0 Å². The molecule has 1 unspecified atom stereocenters. The minimum Gasteiger partial charge on any atom is -0.493 e. The predicted octanol–water partition coefficient (Wildman–Crippen LogP) is 2.47. The number of nitrogens with one attached hydrogen (secondary N) is 2. The second-order valence-electron chi connectivity index (χ2n) is 5.06. The van der Waals surface area contributed by atoms with Crippen LogP contribution < -0.4 is 20.1 Å². The average Bonchev–Trinajstić information content (AvgIpc) is 2.44. The Morgan fingerprint density at radius 1 is 1.19 bits per heavy atom. The van der Waals surface area contributed by atoms with Gasteiger partial charge in [0.25, 0.3) is 0 Å². The fraction of sp³-hybridized carbons (Fsp3) is 0.533. The third kappa shape index (κ3) is 5.21. The third-order valence-electron chi connectivity index (χ3n) is 2.98. The monoisotopic (exact) mass is 358 g/mol. The molecular formula is C15H23BrN2O3. The second kappa shape index (κ2) is 8.24. The van der Waals surface area contributed by atoms with E-state index in [-0.39, 0.29) is 18.0 Å². The zero-order valence-corrected chi connectivity index (χ0v) is 14.7. The van der Waals surface area contributed by atoms with E-state index in [1.165, 1.54) is 0 Å². The van der Waals surface area contributed by atoms with Crippen LogP contribution in [0.3, 0.4) is 0 Å². The van der Waals surface area contributed by atoms with E-state index in [0.717, 1.165) is 10.0 Å². The smallest absolute Gasteiger partial charge is 0.237 e. The highest BCUT2D eigenvalue weighted by atomic mass is 79.9. The van der Waals surface area contributed by atoms with Crippen molar-refractivity contribution in [1.82, 2.24) is 10.6 Å². The fourth-order valence-electron chi connectivity index (χ4n) is 1.80. The summed E-state index contributed by atoms with van der Waals surface area (Å²) in [5.41, 5.74) is 0.997. The molecule has 1 aromatic rings. The molecule has 0 saturated carbocycles. The van der Waals surface area contributed by atoms with Crippen molar-refractivity contribution in [3.8, 4) is 11.5 Å². The van der Waals surface area contributed by atoms with Crippen LogP contribution in [0.15, 0.2) is 16.6 Å². The number of methoxy groups -OCH3 is 2. The average molecular weight is 359 g/mol. The summed E-state index contributed by atoms with van der Waals surface area (Å²) in [6, 6.07) is 3.61. The molecule has 2 N–H and O–H groups in total. The lowest BCUT2D eigenvalue weighted by molar-refractivity contribution is -0.123. The molecule has 0 aliphatic heterocycles. The SMILES string of the molecule is COc1cc(Br)c(CNC(C)C(=O)NC(C)C)cc1OC. The van der Waals surface area contributed by atoms with Gasteiger partial charge < -0.3 is 20.1 Å². The molecule has 5 nitrogen and oxygen atoms in total. The van der Waals surface area contributed by atoms with Gasteiger partial charge in [0.05, 0.1) is 20.3 Å². The fourth-order valence-corrected chi connectivity index (χ4v) is 2.26. The molecule has 0 bridgehead atoms. The van der Waals surface area contributed by atoms with Crippen molar-refractivity contribution in [3.05, 3.63) is 22.2 Å². The third-order valence-corrected chi connectivity index (χ3v) is 3.71. The summed E-state index contributed by atoms with van der Waals surface area (Å²) in [7, 11) is 3.20. The number of carbonyl (C=O) groups excluding carboxylic acids is 1. The highest BCUT2D eigenvalue weighted by molar-refractivity contribution is 9.10. The standard InChI is InChI=1S/C15H23BrN2O3/c1-9(2)18-15(19)10(3)17-8-11-6-13(20-4)14(21-5)7-12(11)16/h6-7,9-10,17H,8H2,1-5H3,(H,18,19). The minimum absolute atomic E-state index is 0.0124. The molecule has 0 aliphatic rings. The van der Waals surface area contributed by atoms with Gasteiger partial charge in [-0.25, -0.2) is 0 Å². The van der Waals surface area contributed by atoms with E-state index >= 15 is 0 Å². The number of halogens is 1. The normalized spacial score (nSPS) is 12.1. The molecule has 0 aromatic heterocycles. The van der Waals surface area contributed by atoms with Crippen molar-refractivity contribution in [2.24, 2.45) is 0 Å². The largest absolute Gasteiger partial charge is 0.493 e. The van der Waals surface area contributed by atoms with E-state index in [0.29, 0.717) is 18.0 Å². The molecule has 1 aromatic carbocycles. The van der Waals surface area contributed by atoms with Gasteiger partial charge in [-0.15, -0.1) is 0 Å². The maximum absolute atomic E-state index is 11.9. The molecule has 1 atom stereocenters. The van der Waals surface area contributed by atoms with Gasteiger partial charge in [-0.1, -0.05) is 15.9 Å². The van der Waals surface area contributed by atoms with Gasteiger partial charge >= 0.3 is 0 Å². The van der Waals surface area contributed by atoms with Gasteiger partial charge in [0.15, 0.2) is 11.5 Å². The van der Waals surface area contributed by atoms with Crippen molar-refractivity contribution in [2.45, 2.75) is 39.4 Å². The number of carbonyl (C=O) groups is 1. The Morgan fingerprint density at radius 3 is 2.29 bits per heavy atom. The highest BCUT2D eigenvalue weighted by Gasteiger charge is 2.15. The van der Waals surface area contributed by atoms with Gasteiger partial charge in [0, 0.05) is 17.1 Å². The summed E-state index contributed by atoms with van der Waals surface area (Å²) in [5.74, 6) is 1.32. The lowest BCUT2D eigenvalue weighted by Gasteiger charge is -2.17. The second-order valence-corrected chi connectivity index (χ2v) is 5.92. The van der Waals surface area contributed by atoms with Crippen LogP contribution in [0.5, 0.6) is 11.5 Å². The topological polar surface area (TPSA) is 59.6 Å². The summed E-state index contributed by atoms with van der Waals surface area (Å²) in [6.07, 6.45) is 0. The minimum atomic E-state index is -0.271. The van der Waals surface area contributed by atoms with Crippen molar-refractivity contribution in [2.75, 3.05) is 14.2 Å². The van der Waals surface area contributed by atoms with Crippen LogP contribution in [0, 0.1) is 0 Å². The molecule has 0 heterocycles. The summed E-state index contributed by atoms with van der Waals surface area (Å²) in [6.45, 7) is 6.27. The molecule has 0 spiro atoms. The van der Waals surface area contributed by atoms with E-state index in [1.807, 2.05) is 32.9 Å². The zero-order chi connectivity index (χ0) is 16.0. The van der Waals surface area contributed by atoms with Crippen LogP contribution in [-0.4, -0.2) is 32.2 Å². The Balaban J connectivity index is 2.73. The molecule has 118 valence electrons. The summed E-state index contributed by atoms with van der Waals surface area (Å²) < 4.78 is 11.4. The first-order valence-electron chi connectivity index (χ1n) is 6.83. The van der Waals surface area contributed by atoms with Gasteiger partial charge in [-0.05, 0) is 38.5 Å². The first kappa shape index (κ1) is 17.8. The van der Waals surface area contributed by atoms with E-state index in [2.05, 4.69) is 26.6 Å². The lowest BCUT2D eigenvalue weighted by Crippen LogP contribution is -2.44. The highest BCUT2D eigenvalue weighted by Crippen LogP contribution is 2.33. The van der Waals surface area contributed by atoms with Crippen LogP contribution in [0.1, 0.15) is 26.3 Å². The number of ether oxygens (including phenoxy) is 2. The van der Waals surface area contributed by atoms with Crippen molar-refractivity contribution >= 4 is 21.8 Å². The molecule has 0 aliphatic carbocycles. The summed E-state index contributed by atoms with van der Waals surface area (Å²) in [5, 5.41) is 6.07. The number of amides is 1. The van der Waals surface area contributed by atoms with Crippen LogP contribution >= 0.6 is 15.9 Å². The molecule has 6 heteroatoms. The molecule has 0 fully saturated rings. The van der Waals surface area contributed by atoms with E-state index in [1.54, 1.807) is 14.2 Å². The summed E-state index contributed by atoms with van der Waals surface area (Å²) in [4.78, 5) is 11.9. The molecule has 1 rings (SSSR count). The maximum Gasteiger partial charge on any atom is 0.237 e. The van der Waals surface area contributed by atoms with E-state index in [4.69, 9.17) is 9.47 Å². The first-order valence-corrected chi connectivity index (χ1v) is 7.62. The zero-order valence-electron chi connectivity index (χ0n) is 13.1. The Labute approximate surface area is 134 Å². The molecule has 0 radical (unpaired) electrons. The van der Waals surface area contributed by atoms with E-state index < -0.39 is 0 Å². The summed E-state index contributed by atoms with van der Waals surface area (Å²) >= 11 is 3.50. The number of hydrogen-bond acceptors (Lipinski definition) is 4. The first-order chi connectivity index (χ1) is 9.88. The molecule has 1 amide bonds. The molecule has 21 heavy (non-hydrogen) atoms. The maximum atomic E-state index is 11.9. The van der Waals surface area contributed by atoms with Crippen LogP contribution in [0.4, 0.5) is 0 Å². The lowest BCUT2D eigenvalue weighted by atomic mass is 10.2. The Bertz CT molecular complexity index is 492. The van der Waals surface area contributed by atoms with Gasteiger partial charge in [-0.3, -0.25) is 4.79 Å². The van der Waals surface area contributed by atoms with Crippen LogP contribution in [0.25, 0.3) is 0 Å². The van der Waals surface area contributed by atoms with E-state index in [9.17, 15) is 4.79 Å². The van der Waals surface area contributed by atoms with Crippen molar-refractivity contribution < 1.29 is 14.3 Å². The molecule has 0 saturated heterocycles. The number of benzene rings is 1.